The van der Waals surface area contributed by atoms with Crippen LogP contribution in [0.1, 0.15) is 36.5 Å². The van der Waals surface area contributed by atoms with Crippen molar-refractivity contribution in [3.63, 3.8) is 0 Å². The summed E-state index contributed by atoms with van der Waals surface area (Å²) in [5, 5.41) is 0.713. The van der Waals surface area contributed by atoms with Crippen LogP contribution >= 0.6 is 34.8 Å². The van der Waals surface area contributed by atoms with E-state index in [0.717, 1.165) is 0 Å². The summed E-state index contributed by atoms with van der Waals surface area (Å²) in [6.45, 7) is 1.88. The average molecular weight is 294 g/mol. The van der Waals surface area contributed by atoms with Gasteiger partial charge in [0.05, 0.1) is 22.0 Å². The molecule has 2 nitrogen and oxygen atoms in total. The highest BCUT2D eigenvalue weighted by Gasteiger charge is 2.18. The molecule has 0 aromatic heterocycles. The molecule has 0 radical (unpaired) electrons. The molecular weight excluding hydrogens is 282 g/mol. The Kier molecular flexibility index (Phi) is 5.44. The van der Waals surface area contributed by atoms with Crippen LogP contribution in [0.3, 0.4) is 0 Å². The van der Waals surface area contributed by atoms with Crippen molar-refractivity contribution in [2.24, 2.45) is 0 Å². The van der Waals surface area contributed by atoms with Crippen molar-refractivity contribution >= 4 is 46.4 Å². The number of ketones is 2. The molecule has 0 unspecified atom stereocenters. The van der Waals surface area contributed by atoms with Gasteiger partial charge in [-0.25, -0.2) is 0 Å². The third-order valence-electron chi connectivity index (χ3n) is 2.17. The number of hydrogen-bond acceptors (Lipinski definition) is 2. The zero-order valence-corrected chi connectivity index (χ0v) is 11.5. The second kappa shape index (κ2) is 6.39. The third-order valence-corrected chi connectivity index (χ3v) is 2.99. The van der Waals surface area contributed by atoms with Gasteiger partial charge >= 0.3 is 0 Å². The van der Waals surface area contributed by atoms with Gasteiger partial charge in [0.25, 0.3) is 0 Å². The predicted octanol–water partition coefficient (Wildman–Crippen LogP) is 4.59. The van der Waals surface area contributed by atoms with Crippen LogP contribution in [0.2, 0.25) is 15.1 Å². The predicted molar refractivity (Wildman–Crippen MR) is 70.3 cm³/mol. The van der Waals surface area contributed by atoms with E-state index in [-0.39, 0.29) is 33.6 Å². The van der Waals surface area contributed by atoms with Crippen LogP contribution in [0.15, 0.2) is 12.1 Å². The minimum Gasteiger partial charge on any atom is -0.299 e. The Morgan fingerprint density at radius 3 is 2.12 bits per heavy atom. The van der Waals surface area contributed by atoms with Crippen molar-refractivity contribution in [1.82, 2.24) is 0 Å². The lowest BCUT2D eigenvalue weighted by molar-refractivity contribution is -0.118. The van der Waals surface area contributed by atoms with Gasteiger partial charge in [-0.2, -0.15) is 0 Å². The van der Waals surface area contributed by atoms with Gasteiger partial charge in [-0.3, -0.25) is 9.59 Å². The van der Waals surface area contributed by atoms with Crippen LogP contribution in [0.4, 0.5) is 0 Å². The maximum Gasteiger partial charge on any atom is 0.173 e. The fourth-order valence-corrected chi connectivity index (χ4v) is 2.47. The Hall–Kier alpha value is -0.570. The Bertz CT molecular complexity index is 432. The fourth-order valence-electron chi connectivity index (χ4n) is 1.44. The van der Waals surface area contributed by atoms with E-state index in [2.05, 4.69) is 0 Å². The molecule has 1 aromatic carbocycles. The molecule has 0 N–H and O–H groups in total. The normalized spacial score (nSPS) is 10.4. The molecule has 0 aliphatic heterocycles. The van der Waals surface area contributed by atoms with Crippen LogP contribution in [0, 0.1) is 0 Å². The van der Waals surface area contributed by atoms with Gasteiger partial charge in [0.2, 0.25) is 0 Å². The molecule has 5 heteroatoms. The Morgan fingerprint density at radius 2 is 1.65 bits per heavy atom. The highest BCUT2D eigenvalue weighted by atomic mass is 35.5. The van der Waals surface area contributed by atoms with E-state index >= 15 is 0 Å². The van der Waals surface area contributed by atoms with Crippen molar-refractivity contribution in [3.05, 3.63) is 32.8 Å². The van der Waals surface area contributed by atoms with E-state index in [1.807, 2.05) is 6.92 Å². The first kappa shape index (κ1) is 14.5. The fraction of sp³-hybridized carbons (Fsp3) is 0.333. The number of Topliss-reactive ketones (excluding diaryl/α,β-unsaturated/α-hetero) is 2. The quantitative estimate of drug-likeness (QED) is 0.588. The number of hydrogen-bond donors (Lipinski definition) is 0. The number of halogens is 3. The van der Waals surface area contributed by atoms with Gasteiger partial charge < -0.3 is 0 Å². The second-order valence-corrected chi connectivity index (χ2v) is 4.88. The smallest absolute Gasteiger partial charge is 0.173 e. The van der Waals surface area contributed by atoms with Crippen LogP contribution in [-0.2, 0) is 4.79 Å². The summed E-state index contributed by atoms with van der Waals surface area (Å²) in [6.07, 6.45) is 0.928. The third kappa shape index (κ3) is 3.98. The Morgan fingerprint density at radius 1 is 1.12 bits per heavy atom. The van der Waals surface area contributed by atoms with Crippen molar-refractivity contribution in [3.8, 4) is 0 Å². The molecule has 0 bridgehead atoms. The minimum atomic E-state index is -0.366. The van der Waals surface area contributed by atoms with Gasteiger partial charge in [-0.1, -0.05) is 41.7 Å². The van der Waals surface area contributed by atoms with Gasteiger partial charge in [0, 0.05) is 11.4 Å². The van der Waals surface area contributed by atoms with Gasteiger partial charge in [0.1, 0.15) is 5.78 Å². The van der Waals surface area contributed by atoms with Gasteiger partial charge in [0.15, 0.2) is 5.78 Å². The lowest BCUT2D eigenvalue weighted by atomic mass is 10.0. The monoisotopic (exact) mass is 292 g/mol. The first-order chi connectivity index (χ1) is 7.95. The van der Waals surface area contributed by atoms with E-state index in [4.69, 9.17) is 34.8 Å². The molecule has 0 aliphatic rings. The maximum atomic E-state index is 11.9. The first-order valence-electron chi connectivity index (χ1n) is 5.15. The average Bonchev–Trinajstić information content (AvgIpc) is 2.15. The van der Waals surface area contributed by atoms with Crippen molar-refractivity contribution in [1.29, 1.82) is 0 Å². The molecule has 0 spiro atoms. The van der Waals surface area contributed by atoms with Crippen LogP contribution in [-0.4, -0.2) is 11.6 Å². The van der Waals surface area contributed by atoms with E-state index < -0.39 is 0 Å². The highest BCUT2D eigenvalue weighted by Crippen LogP contribution is 2.30. The number of carbonyl (C=O) groups is 2. The molecule has 1 rings (SSSR count). The molecule has 92 valence electrons. The van der Waals surface area contributed by atoms with Crippen LogP contribution in [0.25, 0.3) is 0 Å². The molecule has 0 aliphatic carbocycles. The van der Waals surface area contributed by atoms with E-state index in [1.54, 1.807) is 0 Å². The van der Waals surface area contributed by atoms with E-state index in [1.165, 1.54) is 12.1 Å². The topological polar surface area (TPSA) is 34.1 Å². The van der Waals surface area contributed by atoms with E-state index in [0.29, 0.717) is 17.9 Å². The minimum absolute atomic E-state index is 0.111. The summed E-state index contributed by atoms with van der Waals surface area (Å²) in [4.78, 5) is 23.2. The molecule has 17 heavy (non-hydrogen) atoms. The zero-order valence-electron chi connectivity index (χ0n) is 9.23. The zero-order chi connectivity index (χ0) is 13.0. The second-order valence-electron chi connectivity index (χ2n) is 3.63. The lowest BCUT2D eigenvalue weighted by Crippen LogP contribution is -2.09. The summed E-state index contributed by atoms with van der Waals surface area (Å²) in [5.41, 5.74) is 0.169. The van der Waals surface area contributed by atoms with E-state index in [9.17, 15) is 9.59 Å². The highest BCUT2D eigenvalue weighted by molar-refractivity contribution is 6.42. The molecule has 0 fully saturated rings. The molecule has 0 saturated carbocycles. The molecule has 1 aromatic rings. The largest absolute Gasteiger partial charge is 0.299 e. The molecule has 0 heterocycles. The van der Waals surface area contributed by atoms with Crippen molar-refractivity contribution in [2.45, 2.75) is 26.2 Å². The van der Waals surface area contributed by atoms with Gasteiger partial charge in [-0.15, -0.1) is 0 Å². The lowest BCUT2D eigenvalue weighted by Gasteiger charge is -2.06. The van der Waals surface area contributed by atoms with Crippen molar-refractivity contribution in [2.75, 3.05) is 0 Å². The van der Waals surface area contributed by atoms with Gasteiger partial charge in [-0.05, 0) is 18.6 Å². The van der Waals surface area contributed by atoms with Crippen molar-refractivity contribution < 1.29 is 9.59 Å². The summed E-state index contributed by atoms with van der Waals surface area (Å²) in [5.74, 6) is -0.477. The first-order valence-corrected chi connectivity index (χ1v) is 6.28. The summed E-state index contributed by atoms with van der Waals surface area (Å²) >= 11 is 17.5. The molecule has 0 atom stereocenters. The standard InChI is InChI=1S/C12H11Cl3O2/c1-2-3-8(16)6-11(17)12-9(14)4-7(13)5-10(12)15/h4-5H,2-3,6H2,1H3. The Labute approximate surface area is 115 Å². The molecular formula is C12H11Cl3O2. The number of carbonyl (C=O) groups excluding carboxylic acids is 2. The summed E-state index contributed by atoms with van der Waals surface area (Å²) in [6, 6.07) is 2.87. The molecule has 0 saturated heterocycles. The van der Waals surface area contributed by atoms with Crippen LogP contribution < -0.4 is 0 Å². The Balaban J connectivity index is 2.93. The summed E-state index contributed by atoms with van der Waals surface area (Å²) in [7, 11) is 0. The molecule has 0 amide bonds. The SMILES string of the molecule is CCCC(=O)CC(=O)c1c(Cl)cc(Cl)cc1Cl. The number of benzene rings is 1. The maximum absolute atomic E-state index is 11.9. The van der Waals surface area contributed by atoms with Crippen LogP contribution in [0.5, 0.6) is 0 Å². The summed E-state index contributed by atoms with van der Waals surface area (Å²) < 4.78 is 0. The number of rotatable bonds is 5.